The topological polar surface area (TPSA) is 44.9 Å². The second-order valence-corrected chi connectivity index (χ2v) is 6.91. The molecule has 4 fully saturated rings. The van der Waals surface area contributed by atoms with Crippen molar-refractivity contribution in [2.75, 3.05) is 39.3 Å². The van der Waals surface area contributed by atoms with Gasteiger partial charge in [-0.1, -0.05) is 37.3 Å². The summed E-state index contributed by atoms with van der Waals surface area (Å²) in [5.74, 6) is 5.86. The Bertz CT molecular complexity index is 535. The van der Waals surface area contributed by atoms with Crippen molar-refractivity contribution in [3.8, 4) is 0 Å². The van der Waals surface area contributed by atoms with E-state index in [0.29, 0.717) is 0 Å². The smallest absolute Gasteiger partial charge is 0.0613 e. The molecule has 1 aromatic carbocycles. The first kappa shape index (κ1) is 12.4. The number of piperidine rings is 2. The summed E-state index contributed by atoms with van der Waals surface area (Å²) in [6.45, 7) is 8.96. The first-order valence-electron chi connectivity index (χ1n) is 7.45. The molecule has 4 nitrogen and oxygen atoms in total. The van der Waals surface area contributed by atoms with Crippen LogP contribution in [0.15, 0.2) is 35.4 Å². The van der Waals surface area contributed by atoms with Crippen LogP contribution in [0.2, 0.25) is 0 Å². The minimum atomic E-state index is -0.0161. The fraction of sp³-hybridized carbons (Fsp3) is 0.562. The molecule has 20 heavy (non-hydrogen) atoms. The van der Waals surface area contributed by atoms with Gasteiger partial charge in [-0.15, -0.1) is 0 Å². The zero-order valence-corrected chi connectivity index (χ0v) is 12.0. The van der Waals surface area contributed by atoms with Crippen molar-refractivity contribution in [2.24, 2.45) is 16.4 Å². The van der Waals surface area contributed by atoms with Crippen LogP contribution < -0.4 is 5.84 Å². The minimum Gasteiger partial charge on any atom is -0.323 e. The highest BCUT2D eigenvalue weighted by Gasteiger charge is 2.58. The van der Waals surface area contributed by atoms with Gasteiger partial charge >= 0.3 is 0 Å². The fourth-order valence-electron chi connectivity index (χ4n) is 4.79. The van der Waals surface area contributed by atoms with Crippen LogP contribution in [0.4, 0.5) is 0 Å². The molecule has 2 unspecified atom stereocenters. The van der Waals surface area contributed by atoms with Crippen LogP contribution in [-0.2, 0) is 5.41 Å². The molecule has 0 saturated carbocycles. The first-order chi connectivity index (χ1) is 9.66. The Morgan fingerprint density at radius 2 is 1.60 bits per heavy atom. The molecule has 4 saturated heterocycles. The lowest BCUT2D eigenvalue weighted by Gasteiger charge is -2.55. The van der Waals surface area contributed by atoms with Gasteiger partial charge in [0.2, 0.25) is 0 Å². The van der Waals surface area contributed by atoms with E-state index in [4.69, 9.17) is 5.84 Å². The van der Waals surface area contributed by atoms with Crippen molar-refractivity contribution in [2.45, 2.75) is 12.3 Å². The molecule has 0 aliphatic carbocycles. The number of fused-ring (bicyclic) bond motifs is 1. The zero-order chi connectivity index (χ0) is 13.8. The van der Waals surface area contributed by atoms with Gasteiger partial charge in [-0.2, -0.15) is 5.10 Å². The van der Waals surface area contributed by atoms with Crippen molar-refractivity contribution in [3.05, 3.63) is 35.9 Å². The summed E-state index contributed by atoms with van der Waals surface area (Å²) in [5, 5.41) is 4.31. The molecule has 5 rings (SSSR count). The summed E-state index contributed by atoms with van der Waals surface area (Å²) in [5.41, 5.74) is 2.66. The number of rotatable bonds is 1. The average Bonchev–Trinajstić information content (AvgIpc) is 2.66. The molecule has 4 aliphatic rings. The van der Waals surface area contributed by atoms with E-state index in [0.717, 1.165) is 26.2 Å². The Kier molecular flexibility index (Phi) is 2.51. The van der Waals surface area contributed by atoms with Crippen molar-refractivity contribution < 1.29 is 0 Å². The van der Waals surface area contributed by atoms with Crippen molar-refractivity contribution in [1.82, 2.24) is 9.80 Å². The zero-order valence-electron chi connectivity index (χ0n) is 12.0. The van der Waals surface area contributed by atoms with E-state index >= 15 is 0 Å². The molecule has 1 aromatic rings. The predicted octanol–water partition coefficient (Wildman–Crippen LogP) is 0.890. The summed E-state index contributed by atoms with van der Waals surface area (Å²) in [7, 11) is 0. The third-order valence-corrected chi connectivity index (χ3v) is 5.35. The van der Waals surface area contributed by atoms with E-state index in [1.54, 1.807) is 0 Å². The van der Waals surface area contributed by atoms with Crippen LogP contribution in [0.1, 0.15) is 12.5 Å². The van der Waals surface area contributed by atoms with E-state index < -0.39 is 0 Å². The number of hydrogen-bond acceptors (Lipinski definition) is 4. The largest absolute Gasteiger partial charge is 0.323 e. The van der Waals surface area contributed by atoms with Gasteiger partial charge in [-0.05, 0) is 5.56 Å². The third kappa shape index (κ3) is 1.52. The molecule has 0 amide bonds. The maximum absolute atomic E-state index is 5.86. The van der Waals surface area contributed by atoms with E-state index in [1.807, 2.05) is 0 Å². The first-order valence-corrected chi connectivity index (χ1v) is 7.45. The normalized spacial score (nSPS) is 44.8. The SMILES string of the molecule is CC12CN3CCN(C1)CC(c1ccccc1)(C3)C2=NN. The predicted molar refractivity (Wildman–Crippen MR) is 80.7 cm³/mol. The Hall–Kier alpha value is -1.39. The molecule has 4 heterocycles. The van der Waals surface area contributed by atoms with Crippen LogP contribution in [0.25, 0.3) is 0 Å². The summed E-state index contributed by atoms with van der Waals surface area (Å²) < 4.78 is 0. The Morgan fingerprint density at radius 1 is 1.00 bits per heavy atom. The summed E-state index contributed by atoms with van der Waals surface area (Å²) in [6, 6.07) is 10.8. The molecule has 0 spiro atoms. The van der Waals surface area contributed by atoms with Crippen LogP contribution >= 0.6 is 0 Å². The number of nitrogens with zero attached hydrogens (tertiary/aromatic N) is 3. The van der Waals surface area contributed by atoms with Gasteiger partial charge in [-0.3, -0.25) is 9.80 Å². The van der Waals surface area contributed by atoms with Crippen LogP contribution in [0.5, 0.6) is 0 Å². The molecule has 0 aromatic heterocycles. The summed E-state index contributed by atoms with van der Waals surface area (Å²) in [6.07, 6.45) is 0. The maximum Gasteiger partial charge on any atom is 0.0613 e. The number of hydrazone groups is 1. The Labute approximate surface area is 120 Å². The lowest BCUT2D eigenvalue weighted by molar-refractivity contribution is 0.111. The van der Waals surface area contributed by atoms with Gasteiger partial charge in [0.15, 0.2) is 0 Å². The van der Waals surface area contributed by atoms with E-state index in [9.17, 15) is 0 Å². The molecule has 0 radical (unpaired) electrons. The lowest BCUT2D eigenvalue weighted by Crippen LogP contribution is -2.68. The van der Waals surface area contributed by atoms with Gasteiger partial charge in [-0.25, -0.2) is 0 Å². The van der Waals surface area contributed by atoms with Crippen molar-refractivity contribution in [3.63, 3.8) is 0 Å². The van der Waals surface area contributed by atoms with Crippen LogP contribution in [0.3, 0.4) is 0 Å². The molecular formula is C16H22N4. The van der Waals surface area contributed by atoms with E-state index in [1.165, 1.54) is 24.4 Å². The molecule has 2 atom stereocenters. The molecule has 2 N–H and O–H groups in total. The highest BCUT2D eigenvalue weighted by atomic mass is 15.3. The monoisotopic (exact) mass is 270 g/mol. The minimum absolute atomic E-state index is 0.0161. The summed E-state index contributed by atoms with van der Waals surface area (Å²) >= 11 is 0. The lowest BCUT2D eigenvalue weighted by atomic mass is 9.60. The highest BCUT2D eigenvalue weighted by Crippen LogP contribution is 2.46. The average molecular weight is 270 g/mol. The Morgan fingerprint density at radius 3 is 2.15 bits per heavy atom. The second kappa shape index (κ2) is 4.06. The van der Waals surface area contributed by atoms with E-state index in [-0.39, 0.29) is 10.8 Å². The summed E-state index contributed by atoms with van der Waals surface area (Å²) in [4.78, 5) is 5.21. The van der Waals surface area contributed by atoms with Crippen LogP contribution in [0, 0.1) is 5.41 Å². The van der Waals surface area contributed by atoms with Gasteiger partial charge in [0.1, 0.15) is 0 Å². The van der Waals surface area contributed by atoms with Gasteiger partial charge < -0.3 is 5.84 Å². The molecular weight excluding hydrogens is 248 g/mol. The van der Waals surface area contributed by atoms with Crippen LogP contribution in [-0.4, -0.2) is 54.8 Å². The molecule has 4 heteroatoms. The second-order valence-electron chi connectivity index (χ2n) is 6.91. The van der Waals surface area contributed by atoms with Gasteiger partial charge in [0.05, 0.1) is 11.1 Å². The maximum atomic E-state index is 5.86. The molecule has 106 valence electrons. The van der Waals surface area contributed by atoms with E-state index in [2.05, 4.69) is 52.2 Å². The fourth-order valence-corrected chi connectivity index (χ4v) is 4.79. The van der Waals surface area contributed by atoms with Gasteiger partial charge in [0, 0.05) is 44.7 Å². The number of hydrogen-bond donors (Lipinski definition) is 1. The third-order valence-electron chi connectivity index (χ3n) is 5.35. The standard InChI is InChI=1S/C16H22N4/c1-15-9-19-7-8-20(10-15)12-16(11-19,14(15)18-17)13-5-3-2-4-6-13/h2-6H,7-12,17H2,1H3. The Balaban J connectivity index is 1.92. The van der Waals surface area contributed by atoms with Crippen molar-refractivity contribution in [1.29, 1.82) is 0 Å². The number of benzene rings is 1. The molecule has 4 bridgehead atoms. The van der Waals surface area contributed by atoms with Gasteiger partial charge in [0.25, 0.3) is 0 Å². The number of nitrogens with two attached hydrogens (primary N) is 1. The quantitative estimate of drug-likeness (QED) is 0.609. The molecule has 4 aliphatic heterocycles. The highest BCUT2D eigenvalue weighted by molar-refractivity contribution is 6.01. The van der Waals surface area contributed by atoms with Crippen molar-refractivity contribution >= 4 is 5.71 Å².